The fourth-order valence-electron chi connectivity index (χ4n) is 2.88. The van der Waals surface area contributed by atoms with Crippen molar-refractivity contribution in [2.75, 3.05) is 18.1 Å². The first-order valence-corrected chi connectivity index (χ1v) is 9.56. The number of imidazole rings is 1. The highest BCUT2D eigenvalue weighted by molar-refractivity contribution is 7.91. The molecule has 114 valence electrons. The third-order valence-corrected chi connectivity index (χ3v) is 6.40. The van der Waals surface area contributed by atoms with E-state index < -0.39 is 9.84 Å². The van der Waals surface area contributed by atoms with Crippen molar-refractivity contribution in [3.63, 3.8) is 0 Å². The monoisotopic (exact) mass is 327 g/mol. The standard InChI is InChI=1S/C13H17N3O3S2/c1-3-15(10-4-7-21(18,19)8-10)12(17)11-9(2)14-13-16(11)5-6-20-13/h5-6,10H,3-4,7-8H2,1-2H3. The molecule has 1 aliphatic rings. The first-order valence-electron chi connectivity index (χ1n) is 6.86. The third-order valence-electron chi connectivity index (χ3n) is 3.89. The Hall–Kier alpha value is -1.41. The van der Waals surface area contributed by atoms with E-state index in [4.69, 9.17) is 0 Å². The Morgan fingerprint density at radius 1 is 1.57 bits per heavy atom. The molecule has 0 radical (unpaired) electrons. The van der Waals surface area contributed by atoms with E-state index in [0.29, 0.717) is 24.4 Å². The Morgan fingerprint density at radius 2 is 2.33 bits per heavy atom. The summed E-state index contributed by atoms with van der Waals surface area (Å²) in [6.45, 7) is 4.19. The lowest BCUT2D eigenvalue weighted by atomic mass is 10.2. The normalized spacial score (nSPS) is 21.0. The van der Waals surface area contributed by atoms with Gasteiger partial charge in [-0.2, -0.15) is 0 Å². The van der Waals surface area contributed by atoms with Crippen LogP contribution in [-0.4, -0.2) is 52.7 Å². The molecule has 0 bridgehead atoms. The molecule has 0 aliphatic carbocycles. The number of hydrogen-bond acceptors (Lipinski definition) is 5. The zero-order valence-corrected chi connectivity index (χ0v) is 13.6. The summed E-state index contributed by atoms with van der Waals surface area (Å²) in [5.41, 5.74) is 1.23. The van der Waals surface area contributed by atoms with Crippen molar-refractivity contribution >= 4 is 32.0 Å². The Morgan fingerprint density at radius 3 is 2.95 bits per heavy atom. The fraction of sp³-hybridized carbons (Fsp3) is 0.538. The molecule has 3 heterocycles. The van der Waals surface area contributed by atoms with Crippen molar-refractivity contribution in [1.82, 2.24) is 14.3 Å². The van der Waals surface area contributed by atoms with Gasteiger partial charge in [-0.05, 0) is 20.3 Å². The van der Waals surface area contributed by atoms with Crippen LogP contribution >= 0.6 is 11.3 Å². The average Bonchev–Trinajstić information content (AvgIpc) is 3.04. The van der Waals surface area contributed by atoms with Gasteiger partial charge in [-0.3, -0.25) is 9.20 Å². The second-order valence-electron chi connectivity index (χ2n) is 5.25. The summed E-state index contributed by atoms with van der Waals surface area (Å²) in [6.07, 6.45) is 2.35. The lowest BCUT2D eigenvalue weighted by Crippen LogP contribution is -2.41. The van der Waals surface area contributed by atoms with E-state index >= 15 is 0 Å². The Bertz CT molecular complexity index is 791. The number of hydrogen-bond donors (Lipinski definition) is 0. The highest BCUT2D eigenvalue weighted by Crippen LogP contribution is 2.23. The van der Waals surface area contributed by atoms with Crippen LogP contribution in [0.4, 0.5) is 0 Å². The van der Waals surface area contributed by atoms with E-state index in [2.05, 4.69) is 4.98 Å². The highest BCUT2D eigenvalue weighted by atomic mass is 32.2. The molecule has 1 amide bonds. The molecule has 1 saturated heterocycles. The van der Waals surface area contributed by atoms with Crippen LogP contribution in [0.25, 0.3) is 4.96 Å². The van der Waals surface area contributed by atoms with Crippen LogP contribution in [0.2, 0.25) is 0 Å². The van der Waals surface area contributed by atoms with E-state index in [1.807, 2.05) is 25.4 Å². The predicted molar refractivity (Wildman–Crippen MR) is 81.6 cm³/mol. The van der Waals surface area contributed by atoms with Gasteiger partial charge in [0.1, 0.15) is 5.69 Å². The first kappa shape index (κ1) is 14.5. The molecule has 1 unspecified atom stereocenters. The summed E-state index contributed by atoms with van der Waals surface area (Å²) in [4.78, 5) is 19.7. The number of aryl methyl sites for hydroxylation is 1. The van der Waals surface area contributed by atoms with Crippen LogP contribution in [-0.2, 0) is 9.84 Å². The second kappa shape index (κ2) is 5.10. The maximum absolute atomic E-state index is 12.8. The summed E-state index contributed by atoms with van der Waals surface area (Å²) in [6, 6.07) is -0.226. The molecule has 8 heteroatoms. The van der Waals surface area contributed by atoms with Crippen LogP contribution in [0.5, 0.6) is 0 Å². The van der Waals surface area contributed by atoms with Crippen LogP contribution in [0.3, 0.4) is 0 Å². The van der Waals surface area contributed by atoms with Crippen molar-refractivity contribution in [2.45, 2.75) is 26.3 Å². The van der Waals surface area contributed by atoms with Gasteiger partial charge in [-0.1, -0.05) is 0 Å². The fourth-order valence-corrected chi connectivity index (χ4v) is 5.37. The van der Waals surface area contributed by atoms with Gasteiger partial charge in [0.15, 0.2) is 14.8 Å². The molecule has 1 aliphatic heterocycles. The lowest BCUT2D eigenvalue weighted by molar-refractivity contribution is 0.0700. The minimum absolute atomic E-state index is 0.0667. The number of fused-ring (bicyclic) bond motifs is 1. The van der Waals surface area contributed by atoms with Gasteiger partial charge in [0.05, 0.1) is 17.2 Å². The quantitative estimate of drug-likeness (QED) is 0.853. The van der Waals surface area contributed by atoms with Crippen molar-refractivity contribution in [3.05, 3.63) is 23.0 Å². The zero-order valence-electron chi connectivity index (χ0n) is 11.9. The predicted octanol–water partition coefficient (Wildman–Crippen LogP) is 1.35. The number of amides is 1. The third kappa shape index (κ3) is 2.46. The van der Waals surface area contributed by atoms with Gasteiger partial charge < -0.3 is 4.90 Å². The molecule has 1 atom stereocenters. The Balaban J connectivity index is 1.96. The topological polar surface area (TPSA) is 71.8 Å². The van der Waals surface area contributed by atoms with Crippen molar-refractivity contribution in [2.24, 2.45) is 0 Å². The minimum Gasteiger partial charge on any atom is -0.334 e. The molecular weight excluding hydrogens is 310 g/mol. The number of nitrogens with zero attached hydrogens (tertiary/aromatic N) is 3. The summed E-state index contributed by atoms with van der Waals surface area (Å²) in [5, 5.41) is 1.88. The van der Waals surface area contributed by atoms with Gasteiger partial charge >= 0.3 is 0 Å². The molecule has 3 rings (SSSR count). The molecule has 21 heavy (non-hydrogen) atoms. The van der Waals surface area contributed by atoms with Crippen LogP contribution in [0.1, 0.15) is 29.5 Å². The van der Waals surface area contributed by atoms with E-state index in [1.165, 1.54) is 11.3 Å². The number of aromatic nitrogens is 2. The van der Waals surface area contributed by atoms with E-state index in [0.717, 1.165) is 4.96 Å². The molecule has 1 fully saturated rings. The van der Waals surface area contributed by atoms with Gasteiger partial charge in [0, 0.05) is 24.2 Å². The SMILES string of the molecule is CCN(C(=O)c1c(C)nc2sccn12)C1CCS(=O)(=O)C1. The minimum atomic E-state index is -3.01. The first-order chi connectivity index (χ1) is 9.93. The zero-order chi connectivity index (χ0) is 15.2. The van der Waals surface area contributed by atoms with Gasteiger partial charge in [-0.25, -0.2) is 13.4 Å². The van der Waals surface area contributed by atoms with Crippen LogP contribution in [0, 0.1) is 6.92 Å². The summed E-state index contributed by atoms with van der Waals surface area (Å²) < 4.78 is 25.1. The molecule has 2 aromatic heterocycles. The number of thiazole rings is 1. The highest BCUT2D eigenvalue weighted by Gasteiger charge is 2.35. The summed E-state index contributed by atoms with van der Waals surface area (Å²) in [7, 11) is -3.01. The largest absolute Gasteiger partial charge is 0.334 e. The lowest BCUT2D eigenvalue weighted by Gasteiger charge is -2.26. The maximum Gasteiger partial charge on any atom is 0.273 e. The molecule has 0 N–H and O–H groups in total. The number of sulfone groups is 1. The Labute approximate surface area is 127 Å². The number of rotatable bonds is 3. The second-order valence-corrected chi connectivity index (χ2v) is 8.35. The molecular formula is C13H17N3O3S2. The van der Waals surface area contributed by atoms with Crippen molar-refractivity contribution in [3.8, 4) is 0 Å². The van der Waals surface area contributed by atoms with E-state index in [9.17, 15) is 13.2 Å². The van der Waals surface area contributed by atoms with Crippen molar-refractivity contribution in [1.29, 1.82) is 0 Å². The summed E-state index contributed by atoms with van der Waals surface area (Å²) >= 11 is 1.48. The maximum atomic E-state index is 12.8. The van der Waals surface area contributed by atoms with Gasteiger partial charge in [-0.15, -0.1) is 11.3 Å². The molecule has 6 nitrogen and oxygen atoms in total. The van der Waals surface area contributed by atoms with Crippen LogP contribution in [0.15, 0.2) is 11.6 Å². The number of carbonyl (C=O) groups excluding carboxylic acids is 1. The molecule has 0 spiro atoms. The molecule has 0 saturated carbocycles. The Kier molecular flexibility index (Phi) is 3.53. The molecule has 0 aromatic carbocycles. The smallest absolute Gasteiger partial charge is 0.273 e. The van der Waals surface area contributed by atoms with Crippen LogP contribution < -0.4 is 0 Å². The van der Waals surface area contributed by atoms with Gasteiger partial charge in [0.25, 0.3) is 5.91 Å². The van der Waals surface area contributed by atoms with Crippen molar-refractivity contribution < 1.29 is 13.2 Å². The molecule has 2 aromatic rings. The number of carbonyl (C=O) groups is 1. The van der Waals surface area contributed by atoms with E-state index in [1.54, 1.807) is 9.30 Å². The average molecular weight is 327 g/mol. The van der Waals surface area contributed by atoms with E-state index in [-0.39, 0.29) is 23.5 Å². The summed E-state index contributed by atoms with van der Waals surface area (Å²) in [5.74, 6) is 0.0979. The van der Waals surface area contributed by atoms with Gasteiger partial charge in [0.2, 0.25) is 0 Å².